The molecule has 98 valence electrons. The molecule has 0 radical (unpaired) electrons. The maximum atomic E-state index is 12.7. The molecule has 1 aliphatic heterocycles. The van der Waals surface area contributed by atoms with Crippen molar-refractivity contribution in [1.29, 1.82) is 0 Å². The van der Waals surface area contributed by atoms with Crippen LogP contribution in [0, 0.1) is 5.92 Å². The van der Waals surface area contributed by atoms with E-state index >= 15 is 0 Å². The van der Waals surface area contributed by atoms with Crippen molar-refractivity contribution in [3.63, 3.8) is 0 Å². The highest BCUT2D eigenvalue weighted by Crippen LogP contribution is 2.33. The minimum Gasteiger partial charge on any atom is -0.646 e. The summed E-state index contributed by atoms with van der Waals surface area (Å²) >= 11 is 0. The predicted octanol–water partition coefficient (Wildman–Crippen LogP) is 2.76. The molecule has 3 heteroatoms. The lowest BCUT2D eigenvalue weighted by Gasteiger charge is -2.27. The minimum absolute atomic E-state index is 0.0875. The summed E-state index contributed by atoms with van der Waals surface area (Å²) < 4.78 is 12.6. The third-order valence-electron chi connectivity index (χ3n) is 3.68. The lowest BCUT2D eigenvalue weighted by molar-refractivity contribution is 0.0967. The summed E-state index contributed by atoms with van der Waals surface area (Å²) in [5.41, 5.74) is 1.69. The average Bonchev–Trinajstić information content (AvgIpc) is 2.44. The van der Waals surface area contributed by atoms with Crippen molar-refractivity contribution in [3.8, 4) is 0 Å². The van der Waals surface area contributed by atoms with E-state index in [-0.39, 0.29) is 17.6 Å². The third-order valence-corrected chi connectivity index (χ3v) is 5.39. The fourth-order valence-electron chi connectivity index (χ4n) is 2.72. The molecule has 1 aliphatic carbocycles. The fraction of sp³-hybridized carbons (Fsp3) is 0.250. The maximum absolute atomic E-state index is 12.7. The zero-order valence-electron chi connectivity index (χ0n) is 11.0. The van der Waals surface area contributed by atoms with Crippen molar-refractivity contribution >= 4 is 21.4 Å². The first-order valence-electron chi connectivity index (χ1n) is 6.47. The highest BCUT2D eigenvalue weighted by molar-refractivity contribution is 7.91. The average molecular weight is 272 g/mol. The van der Waals surface area contributed by atoms with E-state index in [1.165, 1.54) is 0 Å². The molecule has 2 aliphatic rings. The van der Waals surface area contributed by atoms with Crippen molar-refractivity contribution in [2.75, 3.05) is 0 Å². The molecule has 2 nitrogen and oxygen atoms in total. The van der Waals surface area contributed by atoms with E-state index in [2.05, 4.69) is 13.8 Å². The highest BCUT2D eigenvalue weighted by Gasteiger charge is 2.35. The van der Waals surface area contributed by atoms with E-state index in [1.54, 1.807) is 0 Å². The zero-order chi connectivity index (χ0) is 13.6. The van der Waals surface area contributed by atoms with Gasteiger partial charge in [-0.3, -0.25) is 4.79 Å². The number of fused-ring (bicyclic) bond motifs is 2. The summed E-state index contributed by atoms with van der Waals surface area (Å²) in [5, 5.41) is 0. The van der Waals surface area contributed by atoms with E-state index in [1.807, 2.05) is 42.5 Å². The molecule has 2 unspecified atom stereocenters. The Bertz CT molecular complexity index is 651. The van der Waals surface area contributed by atoms with Gasteiger partial charge in [0.05, 0.1) is 5.56 Å². The Morgan fingerprint density at radius 3 is 2.79 bits per heavy atom. The first kappa shape index (κ1) is 12.6. The molecule has 0 amide bonds. The molecule has 0 saturated heterocycles. The zero-order valence-corrected chi connectivity index (χ0v) is 11.9. The minimum atomic E-state index is -1.62. The Morgan fingerprint density at radius 2 is 2.05 bits per heavy atom. The molecule has 0 saturated carbocycles. The lowest BCUT2D eigenvalue weighted by atomic mass is 9.86. The second-order valence-corrected chi connectivity index (χ2v) is 6.79. The molecule has 1 aromatic carbocycles. The predicted molar refractivity (Wildman–Crippen MR) is 79.4 cm³/mol. The van der Waals surface area contributed by atoms with Crippen LogP contribution in [0.25, 0.3) is 0 Å². The van der Waals surface area contributed by atoms with Gasteiger partial charge >= 0.3 is 0 Å². The summed E-state index contributed by atoms with van der Waals surface area (Å²) in [6.07, 6.45) is 7.39. The Kier molecular flexibility index (Phi) is 3.03. The number of carbonyl (C=O) groups is 1. The smallest absolute Gasteiger partial charge is 0.183 e. The number of Topliss-reactive ketones (excluding diaryl/α,β-unsaturated/α-hetero) is 1. The Balaban J connectivity index is 2.31. The van der Waals surface area contributed by atoms with E-state index in [0.29, 0.717) is 10.5 Å². The summed E-state index contributed by atoms with van der Waals surface area (Å²) in [6, 6.07) is 5.70. The van der Waals surface area contributed by atoms with Crippen molar-refractivity contribution in [2.45, 2.75) is 24.7 Å². The van der Waals surface area contributed by atoms with Crippen molar-refractivity contribution in [3.05, 3.63) is 53.6 Å². The number of benzene rings is 1. The van der Waals surface area contributed by atoms with Gasteiger partial charge < -0.3 is 4.55 Å². The SMILES string of the molecule is CC(C)c1cccc2c1C(=O)C1C=CC=CC1=[SH+]2[O-]. The van der Waals surface area contributed by atoms with Crippen LogP contribution in [0.5, 0.6) is 0 Å². The van der Waals surface area contributed by atoms with Crippen LogP contribution < -0.4 is 0 Å². The third kappa shape index (κ3) is 1.85. The van der Waals surface area contributed by atoms with Gasteiger partial charge in [-0.15, -0.1) is 10.8 Å². The van der Waals surface area contributed by atoms with E-state index in [9.17, 15) is 9.35 Å². The Labute approximate surface area is 115 Å². The molecular formula is C16H16O2S. The summed E-state index contributed by atoms with van der Waals surface area (Å²) in [4.78, 5) is 14.1. The van der Waals surface area contributed by atoms with Gasteiger partial charge in [-0.2, -0.15) is 0 Å². The van der Waals surface area contributed by atoms with Gasteiger partial charge in [0, 0.05) is 0 Å². The molecule has 0 spiro atoms. The topological polar surface area (TPSA) is 40.1 Å². The van der Waals surface area contributed by atoms with E-state index in [0.717, 1.165) is 10.4 Å². The Morgan fingerprint density at radius 1 is 1.26 bits per heavy atom. The molecule has 19 heavy (non-hydrogen) atoms. The first-order valence-corrected chi connectivity index (χ1v) is 7.73. The van der Waals surface area contributed by atoms with Crippen LogP contribution in [0.4, 0.5) is 0 Å². The number of ketones is 1. The van der Waals surface area contributed by atoms with Crippen LogP contribution in [-0.2, 0) is 10.8 Å². The van der Waals surface area contributed by atoms with Crippen LogP contribution in [0.3, 0.4) is 0 Å². The van der Waals surface area contributed by atoms with Gasteiger partial charge in [-0.25, -0.2) is 0 Å². The van der Waals surface area contributed by atoms with Crippen molar-refractivity contribution < 1.29 is 9.35 Å². The number of hydrogen-bond acceptors (Lipinski definition) is 2. The number of hydrogen-bond donors (Lipinski definition) is 0. The van der Waals surface area contributed by atoms with Crippen molar-refractivity contribution in [2.24, 2.45) is 5.92 Å². The largest absolute Gasteiger partial charge is 0.646 e. The molecule has 1 aromatic rings. The van der Waals surface area contributed by atoms with Crippen LogP contribution in [-0.4, -0.2) is 15.2 Å². The number of thiol groups is 1. The van der Waals surface area contributed by atoms with Gasteiger partial charge in [0.25, 0.3) is 0 Å². The standard InChI is InChI=1S/C16H16O2S/c1-10(2)11-7-5-9-14-15(11)16(17)12-6-3-4-8-13(12)19(14)18/h3-10,12,19H,1-2H3. The van der Waals surface area contributed by atoms with Crippen LogP contribution in [0.2, 0.25) is 0 Å². The molecule has 0 bridgehead atoms. The summed E-state index contributed by atoms with van der Waals surface area (Å²) in [6.45, 7) is 4.12. The maximum Gasteiger partial charge on any atom is 0.183 e. The van der Waals surface area contributed by atoms with Gasteiger partial charge in [0.1, 0.15) is 15.7 Å². The Hall–Kier alpha value is -1.45. The van der Waals surface area contributed by atoms with Gasteiger partial charge in [-0.1, -0.05) is 44.2 Å². The number of rotatable bonds is 1. The van der Waals surface area contributed by atoms with Crippen molar-refractivity contribution in [1.82, 2.24) is 0 Å². The molecule has 1 heterocycles. The highest BCUT2D eigenvalue weighted by atomic mass is 32.2. The number of carbonyl (C=O) groups excluding carboxylic acids is 1. The lowest BCUT2D eigenvalue weighted by Crippen LogP contribution is -2.32. The van der Waals surface area contributed by atoms with Crippen LogP contribution >= 0.6 is 0 Å². The monoisotopic (exact) mass is 272 g/mol. The van der Waals surface area contributed by atoms with Crippen LogP contribution in [0.1, 0.15) is 35.7 Å². The molecule has 0 N–H and O–H groups in total. The second-order valence-electron chi connectivity index (χ2n) is 5.20. The molecule has 3 rings (SSSR count). The van der Waals surface area contributed by atoms with Gasteiger partial charge in [0.15, 0.2) is 5.78 Å². The molecule has 0 fully saturated rings. The molecule has 0 aromatic heterocycles. The van der Waals surface area contributed by atoms with Crippen LogP contribution in [0.15, 0.2) is 47.4 Å². The van der Waals surface area contributed by atoms with E-state index in [4.69, 9.17) is 0 Å². The quantitative estimate of drug-likeness (QED) is 0.448. The van der Waals surface area contributed by atoms with Gasteiger partial charge in [0.2, 0.25) is 0 Å². The van der Waals surface area contributed by atoms with Gasteiger partial charge in [-0.05, 0) is 23.6 Å². The molecule has 2 atom stereocenters. The van der Waals surface area contributed by atoms with E-state index < -0.39 is 10.8 Å². The fourth-order valence-corrected chi connectivity index (χ4v) is 4.34. The molecular weight excluding hydrogens is 256 g/mol. The first-order chi connectivity index (χ1) is 9.11. The normalized spacial score (nSPS) is 24.6. The summed E-state index contributed by atoms with van der Waals surface area (Å²) in [5.74, 6) is 0.0115. The second kappa shape index (κ2) is 4.58. The number of allylic oxidation sites excluding steroid dienone is 4. The summed E-state index contributed by atoms with van der Waals surface area (Å²) in [7, 11) is -1.62.